The summed E-state index contributed by atoms with van der Waals surface area (Å²) in [5, 5.41) is 5.44. The van der Waals surface area contributed by atoms with Crippen molar-refractivity contribution in [2.45, 2.75) is 13.0 Å². The van der Waals surface area contributed by atoms with E-state index in [4.69, 9.17) is 5.73 Å². The second kappa shape index (κ2) is 7.91. The van der Waals surface area contributed by atoms with E-state index in [2.05, 4.69) is 25.0 Å². The summed E-state index contributed by atoms with van der Waals surface area (Å²) in [4.78, 5) is 17.5. The number of halogens is 1. The third-order valence-corrected chi connectivity index (χ3v) is 5.01. The van der Waals surface area contributed by atoms with E-state index < -0.39 is 0 Å². The van der Waals surface area contributed by atoms with Gasteiger partial charge in [-0.15, -0.1) is 0 Å². The summed E-state index contributed by atoms with van der Waals surface area (Å²) in [6.45, 7) is 0.241. The largest absolute Gasteiger partial charge is 0.383 e. The molecule has 4 aromatic rings. The third-order valence-electron chi connectivity index (χ3n) is 5.01. The van der Waals surface area contributed by atoms with E-state index >= 15 is 0 Å². The van der Waals surface area contributed by atoms with Crippen LogP contribution in [0.15, 0.2) is 84.8 Å². The molecule has 8 heteroatoms. The first-order valence-electron chi connectivity index (χ1n) is 9.77. The monoisotopic (exact) mass is 411 g/mol. The van der Waals surface area contributed by atoms with Crippen LogP contribution in [0.25, 0.3) is 33.7 Å². The van der Waals surface area contributed by atoms with Gasteiger partial charge in [-0.05, 0) is 42.3 Å². The maximum absolute atomic E-state index is 14.4. The molecule has 1 aliphatic rings. The van der Waals surface area contributed by atoms with Crippen molar-refractivity contribution < 1.29 is 4.39 Å². The van der Waals surface area contributed by atoms with E-state index in [1.54, 1.807) is 41.6 Å². The minimum absolute atomic E-state index is 0.241. The quantitative estimate of drug-likeness (QED) is 0.539. The molecule has 0 atom stereocenters. The van der Waals surface area contributed by atoms with Crippen LogP contribution in [-0.4, -0.2) is 29.7 Å². The zero-order valence-electron chi connectivity index (χ0n) is 16.5. The lowest BCUT2D eigenvalue weighted by Gasteiger charge is -2.06. The fourth-order valence-corrected chi connectivity index (χ4v) is 3.48. The summed E-state index contributed by atoms with van der Waals surface area (Å²) in [5.41, 5.74) is 9.53. The minimum atomic E-state index is -0.280. The Morgan fingerprint density at radius 3 is 2.71 bits per heavy atom. The molecule has 0 fully saturated rings. The van der Waals surface area contributed by atoms with Gasteiger partial charge in [0.25, 0.3) is 0 Å². The molecular weight excluding hydrogens is 393 g/mol. The number of anilines is 1. The number of hydrogen-bond acceptors (Lipinski definition) is 6. The Morgan fingerprint density at radius 1 is 1.03 bits per heavy atom. The molecule has 0 aromatic carbocycles. The molecule has 31 heavy (non-hydrogen) atoms. The average molecular weight is 411 g/mol. The lowest BCUT2D eigenvalue weighted by atomic mass is 10.1. The lowest BCUT2D eigenvalue weighted by molar-refractivity contribution is 0.626. The van der Waals surface area contributed by atoms with Crippen LogP contribution in [0.1, 0.15) is 6.42 Å². The topological polar surface area (TPSA) is 95.4 Å². The van der Waals surface area contributed by atoms with Crippen molar-refractivity contribution in [1.29, 1.82) is 0 Å². The molecular formula is C23H18FN7. The van der Waals surface area contributed by atoms with E-state index in [1.807, 2.05) is 30.3 Å². The van der Waals surface area contributed by atoms with Gasteiger partial charge in [0, 0.05) is 35.9 Å². The molecule has 0 saturated heterocycles. The number of nitrogens with two attached hydrogens (primary N) is 1. The van der Waals surface area contributed by atoms with Gasteiger partial charge in [0.15, 0.2) is 11.5 Å². The molecule has 152 valence electrons. The van der Waals surface area contributed by atoms with Crippen LogP contribution in [0, 0.1) is 0 Å². The maximum Gasteiger partial charge on any atom is 0.182 e. The van der Waals surface area contributed by atoms with E-state index in [0.717, 1.165) is 16.5 Å². The number of aromatic nitrogens is 6. The second-order valence-electron chi connectivity index (χ2n) is 7.02. The van der Waals surface area contributed by atoms with Crippen LogP contribution < -0.4 is 5.73 Å². The predicted molar refractivity (Wildman–Crippen MR) is 117 cm³/mol. The van der Waals surface area contributed by atoms with Crippen LogP contribution >= 0.6 is 0 Å². The van der Waals surface area contributed by atoms with Crippen molar-refractivity contribution in [2.24, 2.45) is 0 Å². The summed E-state index contributed by atoms with van der Waals surface area (Å²) in [6.07, 6.45) is 14.4. The normalized spacial score (nSPS) is 13.7. The maximum atomic E-state index is 14.4. The van der Waals surface area contributed by atoms with Crippen LogP contribution in [-0.2, 0) is 6.54 Å². The van der Waals surface area contributed by atoms with Gasteiger partial charge < -0.3 is 5.73 Å². The van der Waals surface area contributed by atoms with Gasteiger partial charge in [-0.1, -0.05) is 18.2 Å². The molecule has 7 nitrogen and oxygen atoms in total. The molecule has 0 unspecified atom stereocenters. The molecule has 4 heterocycles. The highest BCUT2D eigenvalue weighted by Crippen LogP contribution is 2.29. The number of fused-ring (bicyclic) bond motifs is 1. The first kappa shape index (κ1) is 18.8. The van der Waals surface area contributed by atoms with E-state index in [0.29, 0.717) is 35.0 Å². The van der Waals surface area contributed by atoms with Crippen molar-refractivity contribution >= 4 is 16.9 Å². The first-order valence-corrected chi connectivity index (χ1v) is 9.77. The zero-order valence-corrected chi connectivity index (χ0v) is 16.5. The molecule has 0 radical (unpaired) electrons. The Kier molecular flexibility index (Phi) is 4.80. The Balaban J connectivity index is 1.59. The number of rotatable bonds is 4. The molecule has 0 bridgehead atoms. The molecule has 2 N–H and O–H groups in total. The minimum Gasteiger partial charge on any atom is -0.383 e. The van der Waals surface area contributed by atoms with Gasteiger partial charge in [0.1, 0.15) is 17.3 Å². The molecule has 1 aliphatic carbocycles. The fraction of sp³-hybridized carbons (Fsp3) is 0.0870. The summed E-state index contributed by atoms with van der Waals surface area (Å²) in [5.74, 6) is 0.447. The highest BCUT2D eigenvalue weighted by molar-refractivity contribution is 5.89. The standard InChI is InChI=1S/C23H18FN7/c24-19-7-3-1-2-5-16(19)14-31-23-17(6-4-10-27-23)20(30-31)22-28-13-18(21(25)29-22)15-8-11-26-12-9-15/h2-13H,1,14H2,(H2,25,28,29). The van der Waals surface area contributed by atoms with Gasteiger partial charge in [-0.2, -0.15) is 5.10 Å². The number of nitrogen functional groups attached to an aromatic ring is 1. The zero-order chi connectivity index (χ0) is 21.2. The molecule has 0 aliphatic heterocycles. The molecule has 0 saturated carbocycles. The number of hydrogen-bond donors (Lipinski definition) is 1. The van der Waals surface area contributed by atoms with Crippen LogP contribution in [0.5, 0.6) is 0 Å². The van der Waals surface area contributed by atoms with Crippen molar-refractivity contribution in [3.05, 3.63) is 84.8 Å². The van der Waals surface area contributed by atoms with E-state index in [-0.39, 0.29) is 12.4 Å². The highest BCUT2D eigenvalue weighted by Gasteiger charge is 2.18. The summed E-state index contributed by atoms with van der Waals surface area (Å²) in [7, 11) is 0. The Labute approximate surface area is 177 Å². The number of pyridine rings is 2. The van der Waals surface area contributed by atoms with Gasteiger partial charge >= 0.3 is 0 Å². The average Bonchev–Trinajstić information content (AvgIpc) is 3.04. The number of nitrogens with zero attached hydrogens (tertiary/aromatic N) is 6. The summed E-state index contributed by atoms with van der Waals surface area (Å²) >= 11 is 0. The molecule has 5 rings (SSSR count). The second-order valence-corrected chi connectivity index (χ2v) is 7.02. The van der Waals surface area contributed by atoms with Gasteiger partial charge in [-0.3, -0.25) is 4.98 Å². The van der Waals surface area contributed by atoms with Crippen LogP contribution in [0.4, 0.5) is 10.2 Å². The Bertz CT molecular complexity index is 1350. The van der Waals surface area contributed by atoms with Crippen molar-refractivity contribution in [3.8, 4) is 22.6 Å². The Morgan fingerprint density at radius 2 is 1.87 bits per heavy atom. The van der Waals surface area contributed by atoms with E-state index in [9.17, 15) is 4.39 Å². The number of allylic oxidation sites excluding steroid dienone is 6. The molecule has 0 spiro atoms. The van der Waals surface area contributed by atoms with Crippen LogP contribution in [0.2, 0.25) is 0 Å². The SMILES string of the molecule is Nc1nc(-c2nn(CC3=C(F)C=CCC=C3)c3ncccc23)ncc1-c1ccncc1. The summed E-state index contributed by atoms with van der Waals surface area (Å²) < 4.78 is 16.1. The fourth-order valence-electron chi connectivity index (χ4n) is 3.48. The van der Waals surface area contributed by atoms with Gasteiger partial charge in [-0.25, -0.2) is 24.0 Å². The smallest absolute Gasteiger partial charge is 0.182 e. The van der Waals surface area contributed by atoms with Crippen molar-refractivity contribution in [1.82, 2.24) is 29.7 Å². The molecule has 0 amide bonds. The van der Waals surface area contributed by atoms with E-state index in [1.165, 1.54) is 6.08 Å². The predicted octanol–water partition coefficient (Wildman–Crippen LogP) is 4.27. The van der Waals surface area contributed by atoms with Crippen molar-refractivity contribution in [3.63, 3.8) is 0 Å². The summed E-state index contributed by atoms with van der Waals surface area (Å²) in [6, 6.07) is 7.41. The molecule has 4 aromatic heterocycles. The van der Waals surface area contributed by atoms with Gasteiger partial charge in [0.05, 0.1) is 11.9 Å². The van der Waals surface area contributed by atoms with Crippen LogP contribution in [0.3, 0.4) is 0 Å². The van der Waals surface area contributed by atoms with Crippen molar-refractivity contribution in [2.75, 3.05) is 5.73 Å². The van der Waals surface area contributed by atoms with Gasteiger partial charge in [0.2, 0.25) is 0 Å². The first-order chi connectivity index (χ1) is 15.2. The highest BCUT2D eigenvalue weighted by atomic mass is 19.1. The Hall–Kier alpha value is -4.20. The third kappa shape index (κ3) is 3.59. The lowest BCUT2D eigenvalue weighted by Crippen LogP contribution is -2.04.